The van der Waals surface area contributed by atoms with Crippen LogP contribution in [-0.4, -0.2) is 33.0 Å². The van der Waals surface area contributed by atoms with E-state index in [1.54, 1.807) is 7.05 Å². The molecular formula is C16H16ClF4N5O. The van der Waals surface area contributed by atoms with Crippen LogP contribution in [0.5, 0.6) is 0 Å². The van der Waals surface area contributed by atoms with E-state index in [1.165, 1.54) is 12.1 Å². The largest absolute Gasteiger partial charge is 0.434 e. The molecule has 0 radical (unpaired) electrons. The second-order valence-corrected chi connectivity index (χ2v) is 5.70. The summed E-state index contributed by atoms with van der Waals surface area (Å²) in [4.78, 5) is 4.03. The van der Waals surface area contributed by atoms with Crippen molar-refractivity contribution in [3.8, 4) is 17.1 Å². The topological polar surface area (TPSA) is 68.8 Å². The highest BCUT2D eigenvalue weighted by Crippen LogP contribution is 2.37. The molecular weight excluding hydrogens is 390 g/mol. The van der Waals surface area contributed by atoms with Gasteiger partial charge in [0, 0.05) is 12.5 Å². The minimum absolute atomic E-state index is 0. The van der Waals surface area contributed by atoms with Gasteiger partial charge in [-0.3, -0.25) is 0 Å². The molecule has 146 valence electrons. The SMILES string of the molecule is CNC(C)Cc1noc(-c2cnn(-c3ccc(F)cc3)c2C(F)(F)F)n1.Cl. The molecule has 2 heterocycles. The van der Waals surface area contributed by atoms with Crippen molar-refractivity contribution in [1.82, 2.24) is 25.2 Å². The lowest BCUT2D eigenvalue weighted by Gasteiger charge is -2.11. The molecule has 6 nitrogen and oxygen atoms in total. The number of nitrogens with one attached hydrogen (secondary N) is 1. The number of hydrogen-bond acceptors (Lipinski definition) is 5. The van der Waals surface area contributed by atoms with Gasteiger partial charge in [0.25, 0.3) is 5.89 Å². The lowest BCUT2D eigenvalue weighted by atomic mass is 10.2. The maximum absolute atomic E-state index is 13.6. The van der Waals surface area contributed by atoms with Gasteiger partial charge in [-0.05, 0) is 38.2 Å². The Labute approximate surface area is 158 Å². The zero-order valence-electron chi connectivity index (χ0n) is 14.3. The van der Waals surface area contributed by atoms with Crippen molar-refractivity contribution in [3.05, 3.63) is 47.8 Å². The number of nitrogens with zero attached hydrogens (tertiary/aromatic N) is 4. The summed E-state index contributed by atoms with van der Waals surface area (Å²) in [6.45, 7) is 1.88. The Balaban J connectivity index is 0.00000261. The van der Waals surface area contributed by atoms with E-state index in [2.05, 4.69) is 20.6 Å². The molecule has 1 aromatic carbocycles. The van der Waals surface area contributed by atoms with Crippen LogP contribution < -0.4 is 5.32 Å². The van der Waals surface area contributed by atoms with Crippen LogP contribution in [0.25, 0.3) is 17.1 Å². The Morgan fingerprint density at radius 1 is 1.22 bits per heavy atom. The molecule has 1 unspecified atom stereocenters. The molecule has 0 spiro atoms. The van der Waals surface area contributed by atoms with Crippen LogP contribution in [0, 0.1) is 5.82 Å². The zero-order chi connectivity index (χ0) is 18.9. The van der Waals surface area contributed by atoms with Gasteiger partial charge in [0.2, 0.25) is 0 Å². The van der Waals surface area contributed by atoms with Crippen molar-refractivity contribution in [2.24, 2.45) is 0 Å². The van der Waals surface area contributed by atoms with Gasteiger partial charge in [0.1, 0.15) is 5.82 Å². The molecule has 3 rings (SSSR count). The van der Waals surface area contributed by atoms with Crippen LogP contribution in [-0.2, 0) is 12.6 Å². The van der Waals surface area contributed by atoms with Crippen LogP contribution in [0.15, 0.2) is 35.0 Å². The Morgan fingerprint density at radius 3 is 2.48 bits per heavy atom. The number of alkyl halides is 3. The molecule has 3 aromatic rings. The molecule has 1 atom stereocenters. The molecule has 0 fully saturated rings. The van der Waals surface area contributed by atoms with E-state index in [9.17, 15) is 17.6 Å². The highest BCUT2D eigenvalue weighted by atomic mass is 35.5. The van der Waals surface area contributed by atoms with Crippen molar-refractivity contribution in [1.29, 1.82) is 0 Å². The first-order valence-corrected chi connectivity index (χ1v) is 7.71. The minimum atomic E-state index is -4.73. The van der Waals surface area contributed by atoms with Crippen molar-refractivity contribution in [3.63, 3.8) is 0 Å². The van der Waals surface area contributed by atoms with Crippen LogP contribution in [0.1, 0.15) is 18.4 Å². The first kappa shape index (κ1) is 20.8. The van der Waals surface area contributed by atoms with E-state index >= 15 is 0 Å². The molecule has 0 aliphatic carbocycles. The van der Waals surface area contributed by atoms with E-state index in [4.69, 9.17) is 4.52 Å². The number of rotatable bonds is 5. The van der Waals surface area contributed by atoms with Gasteiger partial charge in [-0.1, -0.05) is 5.16 Å². The Morgan fingerprint density at radius 2 is 1.89 bits per heavy atom. The Kier molecular flexibility index (Phi) is 6.22. The predicted octanol–water partition coefficient (Wildman–Crippen LogP) is 3.65. The highest BCUT2D eigenvalue weighted by molar-refractivity contribution is 5.85. The third-order valence-electron chi connectivity index (χ3n) is 3.79. The fraction of sp³-hybridized carbons (Fsp3) is 0.312. The predicted molar refractivity (Wildman–Crippen MR) is 91.3 cm³/mol. The molecule has 11 heteroatoms. The van der Waals surface area contributed by atoms with Crippen molar-refractivity contribution in [2.75, 3.05) is 7.05 Å². The second-order valence-electron chi connectivity index (χ2n) is 5.70. The molecule has 0 saturated heterocycles. The van der Waals surface area contributed by atoms with E-state index in [0.717, 1.165) is 18.3 Å². The normalized spacial score (nSPS) is 12.7. The van der Waals surface area contributed by atoms with Gasteiger partial charge < -0.3 is 9.84 Å². The van der Waals surface area contributed by atoms with E-state index in [-0.39, 0.29) is 41.4 Å². The van der Waals surface area contributed by atoms with Gasteiger partial charge in [-0.15, -0.1) is 12.4 Å². The van der Waals surface area contributed by atoms with E-state index in [1.807, 2.05) is 6.92 Å². The van der Waals surface area contributed by atoms with Crippen LogP contribution in [0.2, 0.25) is 0 Å². The number of halogens is 5. The van der Waals surface area contributed by atoms with Gasteiger partial charge >= 0.3 is 6.18 Å². The molecule has 0 bridgehead atoms. The standard InChI is InChI=1S/C16H15F4N5O.ClH/c1-9(21-2)7-13-23-15(26-24-13)12-8-22-25(14(12)16(18,19)20)11-5-3-10(17)4-6-11;/h3-6,8-9,21H,7H2,1-2H3;1H. The molecule has 1 N–H and O–H groups in total. The minimum Gasteiger partial charge on any atom is -0.334 e. The summed E-state index contributed by atoms with van der Waals surface area (Å²) in [5.41, 5.74) is -1.34. The third-order valence-corrected chi connectivity index (χ3v) is 3.79. The summed E-state index contributed by atoms with van der Waals surface area (Å²) in [5.74, 6) is -0.552. The average molecular weight is 406 g/mol. The molecule has 0 aliphatic rings. The summed E-state index contributed by atoms with van der Waals surface area (Å²) >= 11 is 0. The molecule has 0 aliphatic heterocycles. The Hall–Kier alpha value is -2.46. The van der Waals surface area contributed by atoms with Gasteiger partial charge in [-0.25, -0.2) is 9.07 Å². The lowest BCUT2D eigenvalue weighted by Crippen LogP contribution is -2.24. The Bertz CT molecular complexity index is 891. The number of benzene rings is 1. The molecule has 2 aromatic heterocycles. The molecule has 27 heavy (non-hydrogen) atoms. The van der Waals surface area contributed by atoms with Crippen LogP contribution in [0.4, 0.5) is 17.6 Å². The molecule has 0 saturated carbocycles. The zero-order valence-corrected chi connectivity index (χ0v) is 15.1. The third kappa shape index (κ3) is 4.45. The summed E-state index contributed by atoms with van der Waals surface area (Å²) < 4.78 is 59.6. The van der Waals surface area contributed by atoms with Crippen LogP contribution in [0.3, 0.4) is 0 Å². The molecule has 0 amide bonds. The number of likely N-dealkylation sites (N-methyl/N-ethyl adjacent to an activating group) is 1. The fourth-order valence-electron chi connectivity index (χ4n) is 2.38. The number of hydrogen-bond donors (Lipinski definition) is 1. The van der Waals surface area contributed by atoms with Crippen molar-refractivity contribution >= 4 is 12.4 Å². The van der Waals surface area contributed by atoms with E-state index in [0.29, 0.717) is 11.1 Å². The van der Waals surface area contributed by atoms with Gasteiger partial charge in [0.05, 0.1) is 17.4 Å². The summed E-state index contributed by atoms with van der Waals surface area (Å²) in [7, 11) is 1.75. The number of aromatic nitrogens is 4. The monoisotopic (exact) mass is 405 g/mol. The second kappa shape index (κ2) is 8.05. The maximum atomic E-state index is 13.6. The van der Waals surface area contributed by atoms with Crippen molar-refractivity contribution < 1.29 is 22.1 Å². The first-order chi connectivity index (χ1) is 12.3. The maximum Gasteiger partial charge on any atom is 0.434 e. The summed E-state index contributed by atoms with van der Waals surface area (Å²) in [6.07, 6.45) is -3.33. The highest BCUT2D eigenvalue weighted by Gasteiger charge is 2.40. The summed E-state index contributed by atoms with van der Waals surface area (Å²) in [6, 6.07) is 4.55. The lowest BCUT2D eigenvalue weighted by molar-refractivity contribution is -0.142. The van der Waals surface area contributed by atoms with Gasteiger partial charge in [-0.2, -0.15) is 23.3 Å². The van der Waals surface area contributed by atoms with E-state index < -0.39 is 17.7 Å². The van der Waals surface area contributed by atoms with Crippen LogP contribution >= 0.6 is 12.4 Å². The van der Waals surface area contributed by atoms with Gasteiger partial charge in [0.15, 0.2) is 11.5 Å². The van der Waals surface area contributed by atoms with Crippen molar-refractivity contribution in [2.45, 2.75) is 25.6 Å². The summed E-state index contributed by atoms with van der Waals surface area (Å²) in [5, 5.41) is 10.5. The fourth-order valence-corrected chi connectivity index (χ4v) is 2.38. The smallest absolute Gasteiger partial charge is 0.334 e. The quantitative estimate of drug-likeness (QED) is 0.656. The average Bonchev–Trinajstić information content (AvgIpc) is 3.21. The first-order valence-electron chi connectivity index (χ1n) is 7.71.